The molecule has 2 atom stereocenters. The van der Waals surface area contributed by atoms with Crippen molar-refractivity contribution >= 4 is 0 Å². The summed E-state index contributed by atoms with van der Waals surface area (Å²) in [6.45, 7) is 1.18. The van der Waals surface area contributed by atoms with Gasteiger partial charge in [-0.2, -0.15) is 0 Å². The molecule has 13 heavy (non-hydrogen) atoms. The maximum absolute atomic E-state index is 9.53. The van der Waals surface area contributed by atoms with E-state index in [9.17, 15) is 5.11 Å². The Morgan fingerprint density at radius 1 is 1.08 bits per heavy atom. The van der Waals surface area contributed by atoms with Gasteiger partial charge in [-0.3, -0.25) is 0 Å². The van der Waals surface area contributed by atoms with E-state index in [2.05, 4.69) is 5.32 Å². The summed E-state index contributed by atoms with van der Waals surface area (Å²) in [5, 5.41) is 13.0. The Morgan fingerprint density at radius 2 is 1.85 bits per heavy atom. The third-order valence-corrected chi connectivity index (χ3v) is 3.11. The molecule has 2 aliphatic rings. The predicted molar refractivity (Wildman–Crippen MR) is 50.6 cm³/mol. The number of aliphatic hydroxyl groups excluding tert-OH is 1. The highest BCUT2D eigenvalue weighted by Crippen LogP contribution is 2.19. The fraction of sp³-hybridized carbons (Fsp3) is 1.00. The fourth-order valence-corrected chi connectivity index (χ4v) is 2.27. The van der Waals surface area contributed by atoms with Crippen molar-refractivity contribution < 1.29 is 9.84 Å². The molecule has 0 aromatic rings. The van der Waals surface area contributed by atoms with Gasteiger partial charge in [-0.15, -0.1) is 0 Å². The average molecular weight is 185 g/mol. The lowest BCUT2D eigenvalue weighted by Gasteiger charge is -2.26. The van der Waals surface area contributed by atoms with Gasteiger partial charge in [0, 0.05) is 6.04 Å². The van der Waals surface area contributed by atoms with E-state index < -0.39 is 0 Å². The zero-order valence-corrected chi connectivity index (χ0v) is 8.04. The van der Waals surface area contributed by atoms with Crippen LogP contribution in [-0.2, 0) is 4.74 Å². The van der Waals surface area contributed by atoms with Crippen LogP contribution in [0.3, 0.4) is 0 Å². The third-order valence-electron chi connectivity index (χ3n) is 3.11. The van der Waals surface area contributed by atoms with E-state index in [1.165, 1.54) is 32.1 Å². The molecule has 1 aliphatic heterocycles. The Morgan fingerprint density at radius 3 is 2.46 bits per heavy atom. The summed E-state index contributed by atoms with van der Waals surface area (Å²) in [5.41, 5.74) is 0. The van der Waals surface area contributed by atoms with Crippen LogP contribution in [0.15, 0.2) is 0 Å². The van der Waals surface area contributed by atoms with Crippen molar-refractivity contribution in [3.05, 3.63) is 0 Å². The molecule has 0 unspecified atom stereocenters. The van der Waals surface area contributed by atoms with Gasteiger partial charge in [0.25, 0.3) is 0 Å². The number of ether oxygens (including phenoxy) is 1. The molecule has 1 saturated carbocycles. The zero-order chi connectivity index (χ0) is 9.10. The van der Waals surface area contributed by atoms with Gasteiger partial charge < -0.3 is 15.2 Å². The second kappa shape index (κ2) is 4.40. The number of aliphatic hydroxyl groups is 1. The fourth-order valence-electron chi connectivity index (χ4n) is 2.27. The topological polar surface area (TPSA) is 41.5 Å². The normalized spacial score (nSPS) is 36.7. The molecule has 0 amide bonds. The number of nitrogens with one attached hydrogen (secondary N) is 1. The van der Waals surface area contributed by atoms with Crippen molar-refractivity contribution in [2.75, 3.05) is 13.2 Å². The second-order valence-electron chi connectivity index (χ2n) is 4.21. The quantitative estimate of drug-likeness (QED) is 0.664. The Hall–Kier alpha value is -0.120. The second-order valence-corrected chi connectivity index (χ2v) is 4.21. The Kier molecular flexibility index (Phi) is 3.19. The molecule has 76 valence electrons. The summed E-state index contributed by atoms with van der Waals surface area (Å²) in [6.07, 6.45) is 6.29. The van der Waals surface area contributed by atoms with Crippen LogP contribution in [0, 0.1) is 0 Å². The molecular weight excluding hydrogens is 166 g/mol. The molecule has 3 heteroatoms. The maximum Gasteiger partial charge on any atom is 0.0948 e. The first-order valence-corrected chi connectivity index (χ1v) is 5.38. The largest absolute Gasteiger partial charge is 0.389 e. The van der Waals surface area contributed by atoms with E-state index >= 15 is 0 Å². The Labute approximate surface area is 79.5 Å². The summed E-state index contributed by atoms with van der Waals surface area (Å²) >= 11 is 0. The highest BCUT2D eigenvalue weighted by molar-refractivity contribution is 4.85. The summed E-state index contributed by atoms with van der Waals surface area (Å²) in [7, 11) is 0. The molecule has 1 heterocycles. The van der Waals surface area contributed by atoms with Crippen molar-refractivity contribution in [2.24, 2.45) is 0 Å². The molecule has 3 nitrogen and oxygen atoms in total. The van der Waals surface area contributed by atoms with Gasteiger partial charge >= 0.3 is 0 Å². The molecular formula is C10H19NO2. The SMILES string of the molecule is O[C@H]1COC[C@@H]1NC1CCCCC1. The van der Waals surface area contributed by atoms with Crippen molar-refractivity contribution in [3.8, 4) is 0 Å². The minimum absolute atomic E-state index is 0.183. The highest BCUT2D eigenvalue weighted by atomic mass is 16.5. The summed E-state index contributed by atoms with van der Waals surface area (Å²) in [4.78, 5) is 0. The smallest absolute Gasteiger partial charge is 0.0948 e. The van der Waals surface area contributed by atoms with Crippen molar-refractivity contribution in [3.63, 3.8) is 0 Å². The molecule has 0 aromatic carbocycles. The molecule has 2 N–H and O–H groups in total. The molecule has 2 fully saturated rings. The lowest BCUT2D eigenvalue weighted by Crippen LogP contribution is -2.45. The van der Waals surface area contributed by atoms with Crippen molar-refractivity contribution in [1.82, 2.24) is 5.32 Å². The minimum Gasteiger partial charge on any atom is -0.389 e. The standard InChI is InChI=1S/C10H19NO2/c12-10-7-13-6-9(10)11-8-4-2-1-3-5-8/h8-12H,1-7H2/t9-,10-/m0/s1. The van der Waals surface area contributed by atoms with Crippen LogP contribution in [0.4, 0.5) is 0 Å². The zero-order valence-electron chi connectivity index (χ0n) is 8.04. The number of hydrogen-bond donors (Lipinski definition) is 2. The molecule has 1 saturated heterocycles. The van der Waals surface area contributed by atoms with Crippen molar-refractivity contribution in [1.29, 1.82) is 0 Å². The summed E-state index contributed by atoms with van der Waals surface area (Å²) in [6, 6.07) is 0.804. The van der Waals surface area contributed by atoms with E-state index in [0.29, 0.717) is 19.3 Å². The molecule has 0 bridgehead atoms. The van der Waals surface area contributed by atoms with Gasteiger partial charge in [-0.25, -0.2) is 0 Å². The minimum atomic E-state index is -0.290. The van der Waals surface area contributed by atoms with Gasteiger partial charge in [0.1, 0.15) is 0 Å². The molecule has 1 aliphatic carbocycles. The molecule has 0 spiro atoms. The van der Waals surface area contributed by atoms with Gasteiger partial charge in [-0.05, 0) is 12.8 Å². The predicted octanol–water partition coefficient (Wildman–Crippen LogP) is 0.668. The van der Waals surface area contributed by atoms with Crippen LogP contribution in [0.2, 0.25) is 0 Å². The average Bonchev–Trinajstić information content (AvgIpc) is 2.54. The van der Waals surface area contributed by atoms with E-state index in [1.54, 1.807) is 0 Å². The van der Waals surface area contributed by atoms with E-state index in [1.807, 2.05) is 0 Å². The molecule has 0 radical (unpaired) electrons. The third kappa shape index (κ3) is 2.42. The van der Waals surface area contributed by atoms with Crippen LogP contribution in [0.5, 0.6) is 0 Å². The number of rotatable bonds is 2. The van der Waals surface area contributed by atoms with Gasteiger partial charge in [0.05, 0.1) is 25.4 Å². The van der Waals surface area contributed by atoms with Gasteiger partial charge in [0.15, 0.2) is 0 Å². The van der Waals surface area contributed by atoms with Crippen molar-refractivity contribution in [2.45, 2.75) is 50.3 Å². The van der Waals surface area contributed by atoms with Gasteiger partial charge in [0.2, 0.25) is 0 Å². The lowest BCUT2D eigenvalue weighted by molar-refractivity contribution is 0.120. The van der Waals surface area contributed by atoms with Crippen LogP contribution in [-0.4, -0.2) is 36.5 Å². The number of hydrogen-bond acceptors (Lipinski definition) is 3. The van der Waals surface area contributed by atoms with E-state index in [-0.39, 0.29) is 12.1 Å². The van der Waals surface area contributed by atoms with E-state index in [4.69, 9.17) is 4.74 Å². The molecule has 0 aromatic heterocycles. The first-order valence-electron chi connectivity index (χ1n) is 5.38. The van der Waals surface area contributed by atoms with Crippen LogP contribution in [0.25, 0.3) is 0 Å². The first-order chi connectivity index (χ1) is 6.36. The van der Waals surface area contributed by atoms with Crippen LogP contribution >= 0.6 is 0 Å². The Balaban J connectivity index is 1.75. The monoisotopic (exact) mass is 185 g/mol. The summed E-state index contributed by atoms with van der Waals surface area (Å²) < 4.78 is 5.20. The maximum atomic E-state index is 9.53. The summed E-state index contributed by atoms with van der Waals surface area (Å²) in [5.74, 6) is 0. The first kappa shape index (κ1) is 9.44. The van der Waals surface area contributed by atoms with E-state index in [0.717, 1.165) is 0 Å². The van der Waals surface area contributed by atoms with Gasteiger partial charge in [-0.1, -0.05) is 19.3 Å². The van der Waals surface area contributed by atoms with Crippen LogP contribution < -0.4 is 5.32 Å². The highest BCUT2D eigenvalue weighted by Gasteiger charge is 2.28. The van der Waals surface area contributed by atoms with Crippen LogP contribution in [0.1, 0.15) is 32.1 Å². The lowest BCUT2D eigenvalue weighted by atomic mass is 9.94. The Bertz CT molecular complexity index is 157. The molecule has 2 rings (SSSR count).